The molecule has 4 aromatic carbocycles. The number of rotatable bonds is 19. The summed E-state index contributed by atoms with van der Waals surface area (Å²) in [5.41, 5.74) is 3.45. The van der Waals surface area contributed by atoms with Crippen molar-refractivity contribution in [3.05, 3.63) is 138 Å². The molecule has 1 saturated heterocycles. The van der Waals surface area contributed by atoms with Crippen molar-refractivity contribution < 1.29 is 29.0 Å². The van der Waals surface area contributed by atoms with E-state index in [9.17, 15) is 24.3 Å². The highest BCUT2D eigenvalue weighted by Crippen LogP contribution is 2.21. The molecular formula is C47H57N7O6. The molecule has 316 valence electrons. The number of aliphatic hydroxyl groups excluding tert-OH is 1. The summed E-state index contributed by atoms with van der Waals surface area (Å²) in [5, 5.41) is 25.0. The lowest BCUT2D eigenvalue weighted by molar-refractivity contribution is -0.131. The number of aromatic amines is 1. The molecule has 0 aliphatic carbocycles. The second-order valence-electron chi connectivity index (χ2n) is 16.1. The topological polar surface area (TPSA) is 178 Å². The average Bonchev–Trinajstić information content (AvgIpc) is 3.77. The van der Waals surface area contributed by atoms with E-state index < -0.39 is 42.1 Å². The van der Waals surface area contributed by atoms with Crippen molar-refractivity contribution in [2.45, 2.75) is 95.8 Å². The number of alkyl carbamates (subject to hydrolysis) is 1. The second kappa shape index (κ2) is 21.8. The van der Waals surface area contributed by atoms with E-state index in [4.69, 9.17) is 4.74 Å². The number of nitrogens with zero attached hydrogens (tertiary/aromatic N) is 2. The molecule has 0 radical (unpaired) electrons. The highest BCUT2D eigenvalue weighted by atomic mass is 16.5. The van der Waals surface area contributed by atoms with E-state index >= 15 is 0 Å². The maximum atomic E-state index is 14.3. The van der Waals surface area contributed by atoms with E-state index in [1.807, 2.05) is 105 Å². The number of fused-ring (bicyclic) bond motifs is 1. The van der Waals surface area contributed by atoms with Gasteiger partial charge >= 0.3 is 6.09 Å². The molecule has 0 bridgehead atoms. The third kappa shape index (κ3) is 13.2. The molecule has 13 heteroatoms. The molecule has 0 saturated carbocycles. The third-order valence-electron chi connectivity index (χ3n) is 10.9. The molecule has 1 fully saturated rings. The van der Waals surface area contributed by atoms with E-state index in [1.165, 1.54) is 11.9 Å². The molecule has 1 aromatic heterocycles. The van der Waals surface area contributed by atoms with Crippen LogP contribution in [0.2, 0.25) is 0 Å². The van der Waals surface area contributed by atoms with Crippen LogP contribution >= 0.6 is 0 Å². The molecule has 6 N–H and O–H groups in total. The summed E-state index contributed by atoms with van der Waals surface area (Å²) in [5.74, 6) is -1.37. The summed E-state index contributed by atoms with van der Waals surface area (Å²) in [6.07, 6.45) is 3.04. The van der Waals surface area contributed by atoms with Crippen molar-refractivity contribution in [3.63, 3.8) is 0 Å². The average molecular weight is 816 g/mol. The van der Waals surface area contributed by atoms with E-state index in [0.29, 0.717) is 12.1 Å². The Balaban J connectivity index is 1.12. The largest absolute Gasteiger partial charge is 0.445 e. The van der Waals surface area contributed by atoms with E-state index in [2.05, 4.69) is 48.3 Å². The second-order valence-corrected chi connectivity index (χ2v) is 16.1. The quantitative estimate of drug-likeness (QED) is 0.0660. The molecule has 2 heterocycles. The minimum Gasteiger partial charge on any atom is -0.445 e. The monoisotopic (exact) mass is 815 g/mol. The van der Waals surface area contributed by atoms with Crippen LogP contribution in [0.3, 0.4) is 0 Å². The molecule has 60 heavy (non-hydrogen) atoms. The molecule has 13 nitrogen and oxygen atoms in total. The van der Waals surface area contributed by atoms with Gasteiger partial charge in [-0.05, 0) is 52.6 Å². The zero-order chi connectivity index (χ0) is 42.3. The molecule has 4 amide bonds. The Bertz CT molecular complexity index is 2120. The number of piperidine rings is 1. The van der Waals surface area contributed by atoms with Crippen LogP contribution < -0.4 is 21.3 Å². The fraction of sp³-hybridized carbons (Fsp3) is 0.383. The summed E-state index contributed by atoms with van der Waals surface area (Å²) in [6.45, 7) is 6.52. The van der Waals surface area contributed by atoms with Gasteiger partial charge in [-0.3, -0.25) is 19.3 Å². The summed E-state index contributed by atoms with van der Waals surface area (Å²) < 4.78 is 5.51. The lowest BCUT2D eigenvalue weighted by Crippen LogP contribution is -2.57. The highest BCUT2D eigenvalue weighted by Gasteiger charge is 2.32. The molecule has 1 aliphatic heterocycles. The van der Waals surface area contributed by atoms with Gasteiger partial charge in [0.1, 0.15) is 18.7 Å². The van der Waals surface area contributed by atoms with Gasteiger partial charge in [0.05, 0.1) is 24.9 Å². The Morgan fingerprint density at radius 3 is 2.15 bits per heavy atom. The number of amides is 4. The molecule has 5 aromatic rings. The van der Waals surface area contributed by atoms with Gasteiger partial charge in [0.2, 0.25) is 17.7 Å². The first kappa shape index (κ1) is 43.5. The lowest BCUT2D eigenvalue weighted by atomic mass is 9.95. The lowest BCUT2D eigenvalue weighted by Gasteiger charge is -2.33. The minimum atomic E-state index is -1.18. The fourth-order valence-corrected chi connectivity index (χ4v) is 7.70. The van der Waals surface area contributed by atoms with Gasteiger partial charge in [-0.15, -0.1) is 0 Å². The standard InChI is InChI=1S/C47H57N7O6/c1-32(2)24-40(43(55)27-44(56)50-37-20-22-54(23-21-37)29-33-12-5-3-6-13-33)51-46(58)42(26-38-28-48-31-49-38)52-45(57)41(53-47(59)60-30-34-14-7-4-8-15-34)25-36-18-11-17-35-16-9-10-19-39(35)36/h3-19,28,31-32,37,40-43,55H,20-27,29-30H2,1-2H3,(H,48,49)(H,50,56)(H,51,58)(H,52,57)(H,53,59)/t40-,41-,42?,43-/m0/s1. The van der Waals surface area contributed by atoms with Crippen molar-refractivity contribution in [3.8, 4) is 0 Å². The number of hydrogen-bond acceptors (Lipinski definition) is 8. The Morgan fingerprint density at radius 1 is 0.800 bits per heavy atom. The normalized spacial score (nSPS) is 15.4. The van der Waals surface area contributed by atoms with Crippen LogP contribution in [0, 0.1) is 5.92 Å². The summed E-state index contributed by atoms with van der Waals surface area (Å²) in [4.78, 5) is 64.5. The predicted octanol–water partition coefficient (Wildman–Crippen LogP) is 5.19. The zero-order valence-corrected chi connectivity index (χ0v) is 34.4. The minimum absolute atomic E-state index is 0.00471. The Morgan fingerprint density at radius 2 is 1.45 bits per heavy atom. The van der Waals surface area contributed by atoms with Gasteiger partial charge in [-0.1, -0.05) is 117 Å². The van der Waals surface area contributed by atoms with Crippen LogP contribution in [-0.2, 0) is 45.1 Å². The van der Waals surface area contributed by atoms with Gasteiger partial charge in [0, 0.05) is 50.4 Å². The maximum Gasteiger partial charge on any atom is 0.408 e. The van der Waals surface area contributed by atoms with Gasteiger partial charge in [0.15, 0.2) is 0 Å². The van der Waals surface area contributed by atoms with Crippen molar-refractivity contribution in [2.75, 3.05) is 13.1 Å². The molecule has 1 aliphatic rings. The Hall–Kier alpha value is -6.05. The SMILES string of the molecule is CC(C)C[C@H](NC(=O)C(Cc1cnc[nH]1)NC(=O)[C@H](Cc1cccc2ccccc12)NC(=O)OCc1ccccc1)[C@@H](O)CC(=O)NC1CCN(Cc2ccccc2)CC1. The van der Waals surface area contributed by atoms with Crippen LogP contribution in [-0.4, -0.2) is 87.2 Å². The summed E-state index contributed by atoms with van der Waals surface area (Å²) in [6, 6.07) is 30.0. The summed E-state index contributed by atoms with van der Waals surface area (Å²) in [7, 11) is 0. The van der Waals surface area contributed by atoms with Crippen molar-refractivity contribution >= 4 is 34.6 Å². The smallest absolute Gasteiger partial charge is 0.408 e. The van der Waals surface area contributed by atoms with Crippen LogP contribution in [0.5, 0.6) is 0 Å². The number of aliphatic hydroxyl groups is 1. The number of H-pyrrole nitrogens is 1. The molecule has 1 unspecified atom stereocenters. The van der Waals surface area contributed by atoms with E-state index in [1.54, 1.807) is 6.20 Å². The molecule has 0 spiro atoms. The third-order valence-corrected chi connectivity index (χ3v) is 10.9. The van der Waals surface area contributed by atoms with Gasteiger partial charge in [0.25, 0.3) is 0 Å². The van der Waals surface area contributed by atoms with Crippen LogP contribution in [0.1, 0.15) is 61.9 Å². The van der Waals surface area contributed by atoms with Gasteiger partial charge < -0.3 is 36.1 Å². The Labute approximate surface area is 351 Å². The molecule has 4 atom stereocenters. The first-order valence-corrected chi connectivity index (χ1v) is 20.8. The van der Waals surface area contributed by atoms with E-state index in [-0.39, 0.29) is 43.7 Å². The number of aromatic nitrogens is 2. The van der Waals surface area contributed by atoms with Crippen LogP contribution in [0.25, 0.3) is 10.8 Å². The predicted molar refractivity (Wildman–Crippen MR) is 230 cm³/mol. The number of hydrogen-bond donors (Lipinski definition) is 6. The number of imidazole rings is 1. The van der Waals surface area contributed by atoms with Gasteiger partial charge in [-0.2, -0.15) is 0 Å². The number of likely N-dealkylation sites (tertiary alicyclic amines) is 1. The number of carbonyl (C=O) groups is 4. The number of carbonyl (C=O) groups excluding carboxylic acids is 4. The fourth-order valence-electron chi connectivity index (χ4n) is 7.70. The van der Waals surface area contributed by atoms with Gasteiger partial charge in [-0.25, -0.2) is 9.78 Å². The number of benzene rings is 4. The first-order valence-electron chi connectivity index (χ1n) is 20.8. The first-order chi connectivity index (χ1) is 29.1. The summed E-state index contributed by atoms with van der Waals surface area (Å²) >= 11 is 0. The van der Waals surface area contributed by atoms with Crippen molar-refractivity contribution in [1.82, 2.24) is 36.1 Å². The maximum absolute atomic E-state index is 14.3. The van der Waals surface area contributed by atoms with Crippen LogP contribution in [0.4, 0.5) is 4.79 Å². The van der Waals surface area contributed by atoms with Crippen LogP contribution in [0.15, 0.2) is 116 Å². The van der Waals surface area contributed by atoms with Crippen molar-refractivity contribution in [2.24, 2.45) is 5.92 Å². The number of nitrogens with one attached hydrogen (secondary N) is 5. The zero-order valence-electron chi connectivity index (χ0n) is 34.4. The highest BCUT2D eigenvalue weighted by molar-refractivity contribution is 5.93. The Kier molecular flexibility index (Phi) is 15.8. The van der Waals surface area contributed by atoms with E-state index in [0.717, 1.165) is 54.4 Å². The molecule has 6 rings (SSSR count). The van der Waals surface area contributed by atoms with Crippen molar-refractivity contribution in [1.29, 1.82) is 0 Å². The molecular weight excluding hydrogens is 759 g/mol. The number of ether oxygens (including phenoxy) is 1.